The van der Waals surface area contributed by atoms with Gasteiger partial charge in [0.2, 0.25) is 0 Å². The predicted molar refractivity (Wildman–Crippen MR) is 104 cm³/mol. The van der Waals surface area contributed by atoms with E-state index in [1.807, 2.05) is 41.0 Å². The number of nitrogens with zero attached hydrogens (tertiary/aromatic N) is 3. The van der Waals surface area contributed by atoms with Crippen LogP contribution in [0.25, 0.3) is 22.3 Å². The van der Waals surface area contributed by atoms with Gasteiger partial charge in [-0.2, -0.15) is 0 Å². The Morgan fingerprint density at radius 3 is 2.36 bits per heavy atom. The molecule has 3 aromatic rings. The molecule has 0 unspecified atom stereocenters. The first kappa shape index (κ1) is 17.4. The van der Waals surface area contributed by atoms with Crippen molar-refractivity contribution in [2.24, 2.45) is 0 Å². The third kappa shape index (κ3) is 3.64. The van der Waals surface area contributed by atoms with Crippen LogP contribution in [0, 0.1) is 6.92 Å². The number of hydrogen-bond acceptors (Lipinski definition) is 3. The summed E-state index contributed by atoms with van der Waals surface area (Å²) in [4.78, 5) is 20.2. The van der Waals surface area contributed by atoms with Crippen molar-refractivity contribution in [1.82, 2.24) is 14.5 Å². The second-order valence-electron chi connectivity index (χ2n) is 6.30. The van der Waals surface area contributed by atoms with Crippen LogP contribution in [0.15, 0.2) is 53.3 Å². The molecule has 0 spiro atoms. The lowest BCUT2D eigenvalue weighted by Crippen LogP contribution is -2.32. The van der Waals surface area contributed by atoms with Gasteiger partial charge in [-0.05, 0) is 32.1 Å². The van der Waals surface area contributed by atoms with Crippen LogP contribution >= 0.6 is 0 Å². The van der Waals surface area contributed by atoms with E-state index in [1.54, 1.807) is 0 Å². The fourth-order valence-corrected chi connectivity index (χ4v) is 3.08. The lowest BCUT2D eigenvalue weighted by atomic mass is 10.1. The van der Waals surface area contributed by atoms with Crippen LogP contribution < -0.4 is 5.56 Å². The zero-order valence-corrected chi connectivity index (χ0v) is 15.2. The molecule has 1 heterocycles. The van der Waals surface area contributed by atoms with Crippen molar-refractivity contribution in [3.8, 4) is 11.4 Å². The summed E-state index contributed by atoms with van der Waals surface area (Å²) in [6.45, 7) is 9.79. The molecule has 3 rings (SSSR count). The van der Waals surface area contributed by atoms with Crippen LogP contribution in [0.3, 0.4) is 0 Å². The summed E-state index contributed by atoms with van der Waals surface area (Å²) in [5, 5.41) is 0.679. The van der Waals surface area contributed by atoms with E-state index in [2.05, 4.69) is 37.8 Å². The van der Waals surface area contributed by atoms with Gasteiger partial charge in [0.15, 0.2) is 0 Å². The molecule has 2 aromatic carbocycles. The zero-order valence-electron chi connectivity index (χ0n) is 15.2. The van der Waals surface area contributed by atoms with Gasteiger partial charge in [0.1, 0.15) is 5.82 Å². The Morgan fingerprint density at radius 1 is 1.00 bits per heavy atom. The molecule has 0 saturated heterocycles. The van der Waals surface area contributed by atoms with E-state index in [4.69, 9.17) is 4.98 Å². The summed E-state index contributed by atoms with van der Waals surface area (Å²) >= 11 is 0. The highest BCUT2D eigenvalue weighted by atomic mass is 16.1. The summed E-state index contributed by atoms with van der Waals surface area (Å²) in [5.41, 5.74) is 2.96. The number of benzene rings is 2. The minimum absolute atomic E-state index is 0.0355. The predicted octanol–water partition coefficient (Wildman–Crippen LogP) is 3.71. The highest BCUT2D eigenvalue weighted by Gasteiger charge is 2.13. The Labute approximate surface area is 148 Å². The smallest absolute Gasteiger partial charge is 0.261 e. The molecule has 130 valence electrons. The molecule has 0 N–H and O–H groups in total. The molecule has 4 heteroatoms. The van der Waals surface area contributed by atoms with Crippen molar-refractivity contribution >= 4 is 10.9 Å². The summed E-state index contributed by atoms with van der Waals surface area (Å²) in [6.07, 6.45) is 0. The maximum Gasteiger partial charge on any atom is 0.261 e. The first-order valence-electron chi connectivity index (χ1n) is 8.93. The molecule has 0 amide bonds. The fraction of sp³-hybridized carbons (Fsp3) is 0.333. The first-order chi connectivity index (χ1) is 12.1. The highest BCUT2D eigenvalue weighted by molar-refractivity contribution is 5.79. The molecule has 0 atom stereocenters. The molecule has 0 fully saturated rings. The summed E-state index contributed by atoms with van der Waals surface area (Å²) in [7, 11) is 0. The van der Waals surface area contributed by atoms with E-state index in [0.29, 0.717) is 11.9 Å². The number of likely N-dealkylation sites (N-methyl/N-ethyl adjacent to an activating group) is 1. The van der Waals surface area contributed by atoms with Crippen LogP contribution in [-0.4, -0.2) is 34.1 Å². The van der Waals surface area contributed by atoms with Crippen LogP contribution in [0.2, 0.25) is 0 Å². The maximum atomic E-state index is 13.1. The van der Waals surface area contributed by atoms with Crippen LogP contribution in [0.4, 0.5) is 0 Å². The van der Waals surface area contributed by atoms with Crippen molar-refractivity contribution in [1.29, 1.82) is 0 Å². The topological polar surface area (TPSA) is 38.1 Å². The van der Waals surface area contributed by atoms with Gasteiger partial charge in [-0.1, -0.05) is 55.8 Å². The minimum atomic E-state index is 0.0355. The van der Waals surface area contributed by atoms with Gasteiger partial charge in [-0.3, -0.25) is 9.36 Å². The first-order valence-corrected chi connectivity index (χ1v) is 8.93. The van der Waals surface area contributed by atoms with E-state index < -0.39 is 0 Å². The molecule has 0 aliphatic carbocycles. The van der Waals surface area contributed by atoms with Gasteiger partial charge in [-0.25, -0.2) is 4.98 Å². The average molecular weight is 335 g/mol. The average Bonchev–Trinajstić information content (AvgIpc) is 2.64. The Hall–Kier alpha value is -2.46. The maximum absolute atomic E-state index is 13.1. The summed E-state index contributed by atoms with van der Waals surface area (Å²) < 4.78 is 1.82. The number of aryl methyl sites for hydroxylation is 1. The quantitative estimate of drug-likeness (QED) is 0.689. The number of aromatic nitrogens is 2. The van der Waals surface area contributed by atoms with E-state index in [1.165, 1.54) is 5.56 Å². The standard InChI is InChI=1S/C21H25N3O/c1-4-23(5-2)14-15-24-20(17-12-10-16(3)11-13-17)22-19-9-7-6-8-18(19)21(24)25/h6-13H,4-5,14-15H2,1-3H3. The van der Waals surface area contributed by atoms with Gasteiger partial charge < -0.3 is 4.90 Å². The third-order valence-electron chi connectivity index (χ3n) is 4.71. The van der Waals surface area contributed by atoms with Gasteiger partial charge in [-0.15, -0.1) is 0 Å². The van der Waals surface area contributed by atoms with Gasteiger partial charge in [0, 0.05) is 18.7 Å². The molecule has 0 radical (unpaired) electrons. The number of hydrogen-bond donors (Lipinski definition) is 0. The van der Waals surface area contributed by atoms with E-state index in [-0.39, 0.29) is 5.56 Å². The molecule has 4 nitrogen and oxygen atoms in total. The lowest BCUT2D eigenvalue weighted by molar-refractivity contribution is 0.289. The molecule has 25 heavy (non-hydrogen) atoms. The Bertz CT molecular complexity index is 909. The summed E-state index contributed by atoms with van der Waals surface area (Å²) in [6, 6.07) is 15.8. The SMILES string of the molecule is CCN(CC)CCn1c(-c2ccc(C)cc2)nc2ccccc2c1=O. The largest absolute Gasteiger partial charge is 0.302 e. The van der Waals surface area contributed by atoms with Crippen LogP contribution in [0.1, 0.15) is 19.4 Å². The zero-order chi connectivity index (χ0) is 17.8. The highest BCUT2D eigenvalue weighted by Crippen LogP contribution is 2.19. The van der Waals surface area contributed by atoms with Gasteiger partial charge in [0.25, 0.3) is 5.56 Å². The van der Waals surface area contributed by atoms with Gasteiger partial charge in [0.05, 0.1) is 10.9 Å². The van der Waals surface area contributed by atoms with E-state index >= 15 is 0 Å². The van der Waals surface area contributed by atoms with E-state index in [9.17, 15) is 4.79 Å². The van der Waals surface area contributed by atoms with Crippen LogP contribution in [0.5, 0.6) is 0 Å². The molecule has 0 bridgehead atoms. The second kappa shape index (κ2) is 7.62. The molecule has 0 aliphatic heterocycles. The molecule has 1 aromatic heterocycles. The Balaban J connectivity index is 2.13. The van der Waals surface area contributed by atoms with Crippen molar-refractivity contribution < 1.29 is 0 Å². The van der Waals surface area contributed by atoms with Crippen molar-refractivity contribution in [2.75, 3.05) is 19.6 Å². The Morgan fingerprint density at radius 2 is 1.68 bits per heavy atom. The van der Waals surface area contributed by atoms with E-state index in [0.717, 1.165) is 36.5 Å². The van der Waals surface area contributed by atoms with Crippen molar-refractivity contribution in [3.63, 3.8) is 0 Å². The molecule has 0 aliphatic rings. The monoisotopic (exact) mass is 335 g/mol. The van der Waals surface area contributed by atoms with Crippen molar-refractivity contribution in [3.05, 3.63) is 64.4 Å². The molecular formula is C21H25N3O. The molecule has 0 saturated carbocycles. The number of fused-ring (bicyclic) bond motifs is 1. The Kier molecular flexibility index (Phi) is 5.29. The normalized spacial score (nSPS) is 11.4. The lowest BCUT2D eigenvalue weighted by Gasteiger charge is -2.20. The fourth-order valence-electron chi connectivity index (χ4n) is 3.08. The number of para-hydroxylation sites is 1. The number of rotatable bonds is 6. The minimum Gasteiger partial charge on any atom is -0.302 e. The van der Waals surface area contributed by atoms with Crippen LogP contribution in [-0.2, 0) is 6.54 Å². The van der Waals surface area contributed by atoms with Gasteiger partial charge >= 0.3 is 0 Å². The molecular weight excluding hydrogens is 310 g/mol. The third-order valence-corrected chi connectivity index (χ3v) is 4.71. The van der Waals surface area contributed by atoms with Crippen molar-refractivity contribution in [2.45, 2.75) is 27.3 Å². The second-order valence-corrected chi connectivity index (χ2v) is 6.30. The summed E-state index contributed by atoms with van der Waals surface area (Å²) in [5.74, 6) is 0.746.